The van der Waals surface area contributed by atoms with E-state index in [-0.39, 0.29) is 18.0 Å². The Kier molecular flexibility index (Phi) is 6.67. The molecule has 0 radical (unpaired) electrons. The summed E-state index contributed by atoms with van der Waals surface area (Å²) >= 11 is 0. The van der Waals surface area contributed by atoms with Crippen molar-refractivity contribution in [1.29, 1.82) is 0 Å². The highest BCUT2D eigenvalue weighted by Gasteiger charge is 2.33. The van der Waals surface area contributed by atoms with Gasteiger partial charge >= 0.3 is 0 Å². The number of halogens is 3. The zero-order chi connectivity index (χ0) is 21.9. The Morgan fingerprint density at radius 1 is 1.13 bits per heavy atom. The van der Waals surface area contributed by atoms with Crippen LogP contribution in [-0.2, 0) is 14.8 Å². The van der Waals surface area contributed by atoms with Crippen LogP contribution in [0.2, 0.25) is 0 Å². The van der Waals surface area contributed by atoms with Crippen LogP contribution in [0.1, 0.15) is 19.8 Å². The number of nitrogens with zero attached hydrogens (tertiary/aromatic N) is 1. The first-order valence-electron chi connectivity index (χ1n) is 9.41. The van der Waals surface area contributed by atoms with Gasteiger partial charge in [-0.25, -0.2) is 21.6 Å². The highest BCUT2D eigenvalue weighted by atomic mass is 32.2. The van der Waals surface area contributed by atoms with Crippen LogP contribution in [0.5, 0.6) is 5.75 Å². The van der Waals surface area contributed by atoms with E-state index in [2.05, 4.69) is 5.32 Å². The Morgan fingerprint density at radius 3 is 2.50 bits per heavy atom. The van der Waals surface area contributed by atoms with E-state index < -0.39 is 45.0 Å². The largest absolute Gasteiger partial charge is 0.494 e. The van der Waals surface area contributed by atoms with E-state index in [0.29, 0.717) is 31.3 Å². The smallest absolute Gasteiger partial charge is 0.243 e. The molecular weight excluding hydrogens is 421 g/mol. The summed E-state index contributed by atoms with van der Waals surface area (Å²) in [6.07, 6.45) is 0.807. The second-order valence-electron chi connectivity index (χ2n) is 6.82. The number of anilines is 1. The number of nitrogens with one attached hydrogen (secondary N) is 1. The molecule has 0 aliphatic carbocycles. The maximum absolute atomic E-state index is 13.8. The first kappa shape index (κ1) is 22.1. The Labute approximate surface area is 172 Å². The molecule has 1 N–H and O–H groups in total. The van der Waals surface area contributed by atoms with Crippen molar-refractivity contribution in [3.8, 4) is 5.75 Å². The number of sulfonamides is 1. The average molecular weight is 442 g/mol. The van der Waals surface area contributed by atoms with E-state index in [1.807, 2.05) is 6.92 Å². The standard InChI is InChI=1S/C20H21F3N2O4S/c1-2-29-14-5-7-15(8-6-14)30(27,28)25-11-3-4-13(12-25)20(26)24-17-10-9-16(21)18(22)19(17)23/h5-10,13H,2-4,11-12H2,1H3,(H,24,26)/t13-/m1/s1. The molecule has 6 nitrogen and oxygen atoms in total. The molecule has 162 valence electrons. The molecule has 0 saturated carbocycles. The number of carbonyl (C=O) groups excluding carboxylic acids is 1. The van der Waals surface area contributed by atoms with Crippen LogP contribution in [0.3, 0.4) is 0 Å². The van der Waals surface area contributed by atoms with Crippen LogP contribution in [0, 0.1) is 23.4 Å². The van der Waals surface area contributed by atoms with Gasteiger partial charge in [-0.2, -0.15) is 4.31 Å². The van der Waals surface area contributed by atoms with Gasteiger partial charge in [-0.15, -0.1) is 0 Å². The molecule has 1 amide bonds. The van der Waals surface area contributed by atoms with Crippen molar-refractivity contribution in [2.24, 2.45) is 5.92 Å². The third kappa shape index (κ3) is 4.59. The van der Waals surface area contributed by atoms with Crippen LogP contribution < -0.4 is 10.1 Å². The highest BCUT2D eigenvalue weighted by molar-refractivity contribution is 7.89. The number of carbonyl (C=O) groups is 1. The minimum absolute atomic E-state index is 0.0682. The number of piperidine rings is 1. The molecule has 0 spiro atoms. The molecule has 2 aromatic rings. The molecule has 1 fully saturated rings. The number of ether oxygens (including phenoxy) is 1. The molecule has 1 saturated heterocycles. The normalized spacial score (nSPS) is 17.5. The van der Waals surface area contributed by atoms with Crippen LogP contribution in [0.15, 0.2) is 41.3 Å². The fraction of sp³-hybridized carbons (Fsp3) is 0.350. The summed E-state index contributed by atoms with van der Waals surface area (Å²) in [5, 5.41) is 2.22. The van der Waals surface area contributed by atoms with Crippen LogP contribution >= 0.6 is 0 Å². The van der Waals surface area contributed by atoms with Crippen molar-refractivity contribution < 1.29 is 31.1 Å². The van der Waals surface area contributed by atoms with E-state index in [4.69, 9.17) is 4.74 Å². The maximum atomic E-state index is 13.8. The van der Waals surface area contributed by atoms with Gasteiger partial charge in [-0.1, -0.05) is 0 Å². The molecule has 2 aromatic carbocycles. The van der Waals surface area contributed by atoms with Gasteiger partial charge < -0.3 is 10.1 Å². The van der Waals surface area contributed by atoms with Crippen molar-refractivity contribution in [2.45, 2.75) is 24.7 Å². The van der Waals surface area contributed by atoms with E-state index in [9.17, 15) is 26.4 Å². The van der Waals surface area contributed by atoms with Gasteiger partial charge in [0.15, 0.2) is 17.5 Å². The molecule has 1 heterocycles. The van der Waals surface area contributed by atoms with Gasteiger partial charge in [0.25, 0.3) is 0 Å². The van der Waals surface area contributed by atoms with Crippen molar-refractivity contribution in [1.82, 2.24) is 4.31 Å². The fourth-order valence-corrected chi connectivity index (χ4v) is 4.78. The summed E-state index contributed by atoms with van der Waals surface area (Å²) in [5.41, 5.74) is -0.495. The zero-order valence-corrected chi connectivity index (χ0v) is 17.0. The average Bonchev–Trinajstić information content (AvgIpc) is 2.75. The summed E-state index contributed by atoms with van der Waals surface area (Å²) in [5.74, 6) is -5.43. The van der Waals surface area contributed by atoms with Crippen LogP contribution in [0.25, 0.3) is 0 Å². The minimum Gasteiger partial charge on any atom is -0.494 e. The second kappa shape index (κ2) is 9.05. The second-order valence-corrected chi connectivity index (χ2v) is 8.76. The van der Waals surface area contributed by atoms with Crippen molar-refractivity contribution in [2.75, 3.05) is 25.0 Å². The van der Waals surface area contributed by atoms with E-state index in [1.54, 1.807) is 12.1 Å². The number of amides is 1. The maximum Gasteiger partial charge on any atom is 0.243 e. The van der Waals surface area contributed by atoms with Crippen molar-refractivity contribution in [3.63, 3.8) is 0 Å². The minimum atomic E-state index is -3.84. The first-order valence-corrected chi connectivity index (χ1v) is 10.9. The predicted octanol–water partition coefficient (Wildman–Crippen LogP) is 3.54. The zero-order valence-electron chi connectivity index (χ0n) is 16.2. The molecule has 1 aliphatic heterocycles. The van der Waals surface area contributed by atoms with Crippen LogP contribution in [-0.4, -0.2) is 38.3 Å². The lowest BCUT2D eigenvalue weighted by molar-refractivity contribution is -0.120. The molecule has 0 aromatic heterocycles. The monoisotopic (exact) mass is 442 g/mol. The molecule has 0 unspecified atom stereocenters. The summed E-state index contributed by atoms with van der Waals surface area (Å²) in [7, 11) is -3.84. The summed E-state index contributed by atoms with van der Waals surface area (Å²) < 4.78 is 72.6. The topological polar surface area (TPSA) is 75.7 Å². The molecule has 1 atom stereocenters. The third-order valence-corrected chi connectivity index (χ3v) is 6.70. The third-order valence-electron chi connectivity index (χ3n) is 4.82. The van der Waals surface area contributed by atoms with Gasteiger partial charge in [0.1, 0.15) is 5.75 Å². The molecule has 30 heavy (non-hydrogen) atoms. The number of hydrogen-bond acceptors (Lipinski definition) is 4. The fourth-order valence-electron chi connectivity index (χ4n) is 3.26. The van der Waals surface area contributed by atoms with Gasteiger partial charge in [0.05, 0.1) is 23.1 Å². The lowest BCUT2D eigenvalue weighted by Gasteiger charge is -2.31. The quantitative estimate of drug-likeness (QED) is 0.695. The van der Waals surface area contributed by atoms with Gasteiger partial charge in [-0.05, 0) is 56.2 Å². The predicted molar refractivity (Wildman–Crippen MR) is 104 cm³/mol. The van der Waals surface area contributed by atoms with Gasteiger partial charge in [-0.3, -0.25) is 4.79 Å². The Hall–Kier alpha value is -2.59. The lowest BCUT2D eigenvalue weighted by Crippen LogP contribution is -2.43. The van der Waals surface area contributed by atoms with E-state index in [0.717, 1.165) is 6.07 Å². The Balaban J connectivity index is 1.72. The van der Waals surface area contributed by atoms with Crippen molar-refractivity contribution >= 4 is 21.6 Å². The molecule has 3 rings (SSSR count). The Morgan fingerprint density at radius 2 is 1.83 bits per heavy atom. The van der Waals surface area contributed by atoms with Gasteiger partial charge in [0.2, 0.25) is 15.9 Å². The number of rotatable bonds is 6. The SMILES string of the molecule is CCOc1ccc(S(=O)(=O)N2CCC[C@@H](C(=O)Nc3ccc(F)c(F)c3F)C2)cc1. The summed E-state index contributed by atoms with van der Waals surface area (Å²) in [4.78, 5) is 12.6. The Bertz CT molecular complexity index is 1030. The van der Waals surface area contributed by atoms with Crippen LogP contribution in [0.4, 0.5) is 18.9 Å². The highest BCUT2D eigenvalue weighted by Crippen LogP contribution is 2.27. The van der Waals surface area contributed by atoms with E-state index in [1.165, 1.54) is 16.4 Å². The van der Waals surface area contributed by atoms with E-state index >= 15 is 0 Å². The number of benzene rings is 2. The number of hydrogen-bond donors (Lipinski definition) is 1. The summed E-state index contributed by atoms with van der Waals surface area (Å²) in [6, 6.07) is 7.59. The molecular formula is C20H21F3N2O4S. The molecule has 0 bridgehead atoms. The van der Waals surface area contributed by atoms with Gasteiger partial charge in [0, 0.05) is 13.1 Å². The lowest BCUT2D eigenvalue weighted by atomic mass is 9.98. The first-order chi connectivity index (χ1) is 14.2. The van der Waals surface area contributed by atoms with Crippen molar-refractivity contribution in [3.05, 3.63) is 53.8 Å². The molecule has 10 heteroatoms. The molecule has 1 aliphatic rings. The summed E-state index contributed by atoms with van der Waals surface area (Å²) in [6.45, 7) is 2.40.